The van der Waals surface area contributed by atoms with Gasteiger partial charge in [-0.3, -0.25) is 4.79 Å². The molecule has 6 nitrogen and oxygen atoms in total. The summed E-state index contributed by atoms with van der Waals surface area (Å²) in [5, 5.41) is 19.7. The second kappa shape index (κ2) is 8.53. The second-order valence-corrected chi connectivity index (χ2v) is 6.44. The molecule has 0 aliphatic carbocycles. The Morgan fingerprint density at radius 3 is 2.65 bits per heavy atom. The molecule has 8 heteroatoms. The molecule has 1 fully saturated rings. The summed E-state index contributed by atoms with van der Waals surface area (Å²) in [5.41, 5.74) is -0.176. The second-order valence-electron chi connectivity index (χ2n) is 6.06. The summed E-state index contributed by atoms with van der Waals surface area (Å²) >= 11 is 6.05. The van der Waals surface area contributed by atoms with Crippen molar-refractivity contribution in [2.75, 3.05) is 0 Å². The quantitative estimate of drug-likeness (QED) is 0.279. The van der Waals surface area contributed by atoms with Crippen LogP contribution in [0, 0.1) is 0 Å². The molecular weight excluding hydrogens is 555 g/mol. The first kappa shape index (κ1) is 20.9. The molecule has 2 aliphatic rings. The molecule has 26 heavy (non-hydrogen) atoms. The van der Waals surface area contributed by atoms with E-state index < -0.39 is 23.6 Å². The molecule has 2 N–H and O–H groups in total. The number of cyclic esters (lactones) is 1. The summed E-state index contributed by atoms with van der Waals surface area (Å²) in [6.45, 7) is 1.72. The molecule has 3 rings (SSSR count). The van der Waals surface area contributed by atoms with Gasteiger partial charge in [0.05, 0.1) is 11.1 Å². The van der Waals surface area contributed by atoms with Gasteiger partial charge in [0.2, 0.25) is 0 Å². The topological polar surface area (TPSA) is 96.4 Å². The van der Waals surface area contributed by atoms with Crippen molar-refractivity contribution in [2.24, 2.45) is 0 Å². The van der Waals surface area contributed by atoms with Gasteiger partial charge in [-0.2, -0.15) is 0 Å². The fraction of sp³-hybridized carbons (Fsp3) is 0.333. The van der Waals surface area contributed by atoms with Crippen molar-refractivity contribution in [1.29, 1.82) is 0 Å². The maximum absolute atomic E-state index is 12.5. The number of allylic oxidation sites excluding steroid dienone is 3. The third-order valence-corrected chi connectivity index (χ3v) is 4.49. The minimum atomic E-state index is -0.802. The van der Waals surface area contributed by atoms with Crippen LogP contribution in [-0.2, 0) is 20.7 Å². The fourth-order valence-electron chi connectivity index (χ4n) is 2.78. The summed E-state index contributed by atoms with van der Waals surface area (Å²) in [6, 6.07) is 0.958. The van der Waals surface area contributed by atoms with Gasteiger partial charge in [-0.25, -0.2) is 4.79 Å². The van der Waals surface area contributed by atoms with Crippen LogP contribution in [0.25, 0.3) is 0 Å². The Morgan fingerprint density at radius 1 is 1.19 bits per heavy atom. The van der Waals surface area contributed by atoms with Crippen molar-refractivity contribution < 1.29 is 29.3 Å². The van der Waals surface area contributed by atoms with Crippen LogP contribution in [0.15, 0.2) is 30.4 Å². The first-order chi connectivity index (χ1) is 11.9. The number of fused-ring (bicyclic) bond motifs is 2. The number of hydrogen-bond acceptors (Lipinski definition) is 6. The van der Waals surface area contributed by atoms with Gasteiger partial charge < -0.3 is 19.7 Å². The number of phenols is 2. The van der Waals surface area contributed by atoms with Gasteiger partial charge in [-0.05, 0) is 13.0 Å². The molecule has 1 aromatic carbocycles. The Labute approximate surface area is 175 Å². The van der Waals surface area contributed by atoms with Crippen molar-refractivity contribution in [3.8, 4) is 11.5 Å². The Bertz CT molecular complexity index is 788. The van der Waals surface area contributed by atoms with Crippen molar-refractivity contribution >= 4 is 50.7 Å². The molecular formula is C18H19ClO6Pb. The Balaban J connectivity index is 0.00000243. The molecule has 1 aromatic rings. The van der Waals surface area contributed by atoms with Crippen LogP contribution in [0.4, 0.5) is 0 Å². The van der Waals surface area contributed by atoms with Gasteiger partial charge in [-0.1, -0.05) is 29.8 Å². The zero-order valence-electron chi connectivity index (χ0n) is 14.1. The van der Waals surface area contributed by atoms with Gasteiger partial charge in [0, 0.05) is 24.5 Å². The van der Waals surface area contributed by atoms with E-state index in [1.807, 2.05) is 6.08 Å². The number of carbonyl (C=O) groups is 2. The number of aromatic hydroxyl groups is 2. The molecule has 2 heterocycles. The molecule has 0 saturated carbocycles. The molecule has 1 saturated heterocycles. The summed E-state index contributed by atoms with van der Waals surface area (Å²) in [4.78, 5) is 24.6. The van der Waals surface area contributed by atoms with Crippen LogP contribution in [0.1, 0.15) is 29.3 Å². The SMILES string of the molecule is CC1CC2OC2/C=C\C=C\C(=O)Cc2c(Cl)c(O)cc(O)c2C(=O)O1.[PbH2]. The maximum atomic E-state index is 12.5. The van der Waals surface area contributed by atoms with E-state index in [0.717, 1.165) is 6.07 Å². The van der Waals surface area contributed by atoms with Crippen LogP contribution in [0.3, 0.4) is 0 Å². The van der Waals surface area contributed by atoms with Crippen LogP contribution in [-0.4, -0.2) is 67.6 Å². The number of epoxide rings is 1. The predicted octanol–water partition coefficient (Wildman–Crippen LogP) is 1.78. The standard InChI is InChI=1S/C18H17ClO6.Pb.2H/c1-9-6-15-14(25-15)5-3-2-4-10(20)7-11-16(18(23)24-9)12(21)8-13(22)17(11)19;;;/h2-5,8-9,14-15,21-22H,6-7H2,1H3;;;/b4-2+,5-3-;;;. The monoisotopic (exact) mass is 574 g/mol. The Kier molecular flexibility index (Phi) is 6.87. The number of rotatable bonds is 0. The van der Waals surface area contributed by atoms with Crippen molar-refractivity contribution in [1.82, 2.24) is 0 Å². The number of hydrogen-bond donors (Lipinski definition) is 2. The summed E-state index contributed by atoms with van der Waals surface area (Å²) in [7, 11) is 0. The van der Waals surface area contributed by atoms with E-state index in [4.69, 9.17) is 21.1 Å². The zero-order chi connectivity index (χ0) is 18.1. The van der Waals surface area contributed by atoms with E-state index in [0.29, 0.717) is 6.42 Å². The number of halogens is 1. The van der Waals surface area contributed by atoms with Crippen molar-refractivity contribution in [2.45, 2.75) is 38.1 Å². The van der Waals surface area contributed by atoms with E-state index in [9.17, 15) is 19.8 Å². The minimum absolute atomic E-state index is 0. The molecule has 3 unspecified atom stereocenters. The van der Waals surface area contributed by atoms with Gasteiger partial charge in [0.1, 0.15) is 29.3 Å². The predicted molar refractivity (Wildman–Crippen MR) is 98.5 cm³/mol. The first-order valence-electron chi connectivity index (χ1n) is 7.84. The number of ketones is 1. The Morgan fingerprint density at radius 2 is 1.92 bits per heavy atom. The number of esters is 1. The summed E-state index contributed by atoms with van der Waals surface area (Å²) in [6.07, 6.45) is 6.13. The third kappa shape index (κ3) is 4.66. The van der Waals surface area contributed by atoms with E-state index in [-0.39, 0.29) is 67.9 Å². The molecule has 138 valence electrons. The van der Waals surface area contributed by atoms with Gasteiger partial charge in [-0.15, -0.1) is 0 Å². The van der Waals surface area contributed by atoms with Crippen LogP contribution in [0.2, 0.25) is 5.02 Å². The number of carbonyl (C=O) groups excluding carboxylic acids is 2. The van der Waals surface area contributed by atoms with Gasteiger partial charge >= 0.3 is 33.3 Å². The van der Waals surface area contributed by atoms with Crippen LogP contribution < -0.4 is 0 Å². The van der Waals surface area contributed by atoms with Crippen LogP contribution in [0.5, 0.6) is 11.5 Å². The van der Waals surface area contributed by atoms with Crippen molar-refractivity contribution in [3.63, 3.8) is 0 Å². The molecule has 0 aromatic heterocycles. The van der Waals surface area contributed by atoms with Crippen LogP contribution >= 0.6 is 11.6 Å². The first-order valence-corrected chi connectivity index (χ1v) is 8.22. The van der Waals surface area contributed by atoms with Crippen molar-refractivity contribution in [3.05, 3.63) is 46.5 Å². The molecule has 2 radical (unpaired) electrons. The summed E-state index contributed by atoms with van der Waals surface area (Å²) < 4.78 is 10.8. The molecule has 2 aliphatic heterocycles. The third-order valence-electron chi connectivity index (χ3n) is 4.06. The number of benzene rings is 1. The molecule has 3 atom stereocenters. The van der Waals surface area contributed by atoms with E-state index in [1.54, 1.807) is 19.1 Å². The average molecular weight is 574 g/mol. The van der Waals surface area contributed by atoms with E-state index in [2.05, 4.69) is 0 Å². The van der Waals surface area contributed by atoms with Gasteiger partial charge in [0.15, 0.2) is 5.78 Å². The van der Waals surface area contributed by atoms with E-state index >= 15 is 0 Å². The number of phenolic OH excluding ortho intramolecular Hbond substituents is 2. The van der Waals surface area contributed by atoms with E-state index in [1.165, 1.54) is 6.08 Å². The van der Waals surface area contributed by atoms with Gasteiger partial charge in [0.25, 0.3) is 0 Å². The molecule has 0 spiro atoms. The fourth-order valence-corrected chi connectivity index (χ4v) is 3.00. The Hall–Kier alpha value is -1.39. The average Bonchev–Trinajstić information content (AvgIpc) is 3.25. The molecule has 0 bridgehead atoms. The molecule has 0 amide bonds. The number of ether oxygens (including phenoxy) is 2. The normalized spacial score (nSPS) is 27.8. The zero-order valence-corrected chi connectivity index (χ0v) is 20.4. The summed E-state index contributed by atoms with van der Waals surface area (Å²) in [5.74, 6) is -2.04.